The Balaban J connectivity index is 0.000000225. The Kier molecular flexibility index (Phi) is 23.3. The van der Waals surface area contributed by atoms with E-state index in [1.54, 1.807) is 6.92 Å². The number of nitrogens with zero attached hydrogens (tertiary/aromatic N) is 10. The van der Waals surface area contributed by atoms with Gasteiger partial charge in [0.1, 0.15) is 73.4 Å². The zero-order valence-corrected chi connectivity index (χ0v) is 52.9. The molecular formula is C57H78ClF6N13O8Si2. The van der Waals surface area contributed by atoms with E-state index in [-0.39, 0.29) is 104 Å². The number of anilines is 2. The van der Waals surface area contributed by atoms with Crippen molar-refractivity contribution in [1.82, 2.24) is 54.6 Å². The van der Waals surface area contributed by atoms with Crippen molar-refractivity contribution in [2.75, 3.05) is 56.6 Å². The third-order valence-corrected chi connectivity index (χ3v) is 18.6. The minimum absolute atomic E-state index is 0. The Hall–Kier alpha value is -6.35. The second-order valence-electron chi connectivity index (χ2n) is 24.3. The molecule has 4 fully saturated rings. The highest BCUT2D eigenvalue weighted by Gasteiger charge is 2.43. The van der Waals surface area contributed by atoms with Gasteiger partial charge >= 0.3 is 5.97 Å². The first-order valence-corrected chi connectivity index (χ1v) is 36.3. The van der Waals surface area contributed by atoms with Crippen LogP contribution in [0.25, 0.3) is 22.1 Å². The predicted octanol–water partition coefficient (Wildman–Crippen LogP) is 8.75. The van der Waals surface area contributed by atoms with Crippen molar-refractivity contribution in [2.45, 2.75) is 160 Å². The number of hydrogen-bond acceptors (Lipinski definition) is 17. The van der Waals surface area contributed by atoms with Crippen LogP contribution in [0.3, 0.4) is 0 Å². The zero-order chi connectivity index (χ0) is 62.2. The first-order valence-electron chi connectivity index (χ1n) is 28.9. The molecule has 2 aromatic carbocycles. The molecule has 476 valence electrons. The molecule has 21 nitrogen and oxygen atoms in total. The van der Waals surface area contributed by atoms with E-state index in [2.05, 4.69) is 90.1 Å². The van der Waals surface area contributed by atoms with Gasteiger partial charge in [0.15, 0.2) is 22.7 Å². The second kappa shape index (κ2) is 29.8. The topological polar surface area (TPSA) is 249 Å². The number of amides is 2. The summed E-state index contributed by atoms with van der Waals surface area (Å²) in [5, 5.41) is 39.9. The van der Waals surface area contributed by atoms with Crippen molar-refractivity contribution < 1.29 is 65.1 Å². The van der Waals surface area contributed by atoms with Crippen molar-refractivity contribution in [3.63, 3.8) is 0 Å². The minimum Gasteiger partial charge on any atom is -0.466 e. The van der Waals surface area contributed by atoms with Gasteiger partial charge in [-0.05, 0) is 74.7 Å². The average Bonchev–Trinajstić information content (AvgIpc) is 1.78. The number of β-amino-alcohol motifs (C(OH)–C–C–N with tert-alkyl or cyclic N) is 1. The van der Waals surface area contributed by atoms with Crippen molar-refractivity contribution in [1.29, 1.82) is 0 Å². The maximum absolute atomic E-state index is 14.7. The predicted molar refractivity (Wildman–Crippen MR) is 321 cm³/mol. The molecule has 0 bridgehead atoms. The lowest BCUT2D eigenvalue weighted by molar-refractivity contribution is -0.140. The molecule has 5 N–H and O–H groups in total. The zero-order valence-electron chi connectivity index (χ0n) is 50.0. The first kappa shape index (κ1) is 68.1. The summed E-state index contributed by atoms with van der Waals surface area (Å²) in [5.41, 5.74) is 0.361. The van der Waals surface area contributed by atoms with E-state index in [0.29, 0.717) is 61.8 Å². The quantitative estimate of drug-likeness (QED) is 0.0220. The van der Waals surface area contributed by atoms with Gasteiger partial charge in [-0.2, -0.15) is 10.2 Å². The number of carbonyl (C=O) groups is 3. The number of likely N-dealkylation sites (tertiary alicyclic amines) is 2. The molecule has 4 aromatic heterocycles. The third-order valence-electron chi connectivity index (χ3n) is 15.2. The van der Waals surface area contributed by atoms with E-state index in [1.165, 1.54) is 38.7 Å². The number of hydrogen-bond donors (Lipinski definition) is 5. The third kappa shape index (κ3) is 17.3. The summed E-state index contributed by atoms with van der Waals surface area (Å²) in [6, 6.07) is 5.08. The largest absolute Gasteiger partial charge is 0.466 e. The average molecular weight is 1280 g/mol. The van der Waals surface area contributed by atoms with E-state index >= 15 is 0 Å². The maximum atomic E-state index is 14.7. The lowest BCUT2D eigenvalue weighted by atomic mass is 10.0. The molecule has 6 aromatic rings. The summed E-state index contributed by atoms with van der Waals surface area (Å²) in [6.45, 7) is 18.4. The lowest BCUT2D eigenvalue weighted by Gasteiger charge is -2.24. The number of alkyl halides is 2. The number of aromatic nitrogens is 8. The molecular weight excluding hydrogens is 1200 g/mol. The summed E-state index contributed by atoms with van der Waals surface area (Å²) in [7, 11) is -2.68. The number of benzene rings is 2. The molecule has 0 unspecified atom stereocenters. The van der Waals surface area contributed by atoms with Gasteiger partial charge in [0.05, 0.1) is 66.8 Å². The van der Waals surface area contributed by atoms with E-state index in [1.807, 2.05) is 0 Å². The number of ether oxygens (including phenoxy) is 3. The Bertz CT molecular complexity index is 3140. The summed E-state index contributed by atoms with van der Waals surface area (Å²) in [5.74, 6) is -3.73. The number of fused-ring (bicyclic) bond motifs is 2. The fourth-order valence-corrected chi connectivity index (χ4v) is 12.2. The molecule has 8 atom stereocenters. The van der Waals surface area contributed by atoms with Crippen molar-refractivity contribution in [2.24, 2.45) is 0 Å². The van der Waals surface area contributed by atoms with Gasteiger partial charge in [-0.3, -0.25) is 14.4 Å². The van der Waals surface area contributed by atoms with E-state index in [4.69, 9.17) is 9.47 Å². The summed E-state index contributed by atoms with van der Waals surface area (Å²) in [6.07, 6.45) is 0.439. The lowest BCUT2D eigenvalue weighted by Crippen LogP contribution is -2.33. The second-order valence-corrected chi connectivity index (χ2v) is 35.6. The van der Waals surface area contributed by atoms with Crippen LogP contribution < -0.4 is 16.0 Å². The van der Waals surface area contributed by atoms with Gasteiger partial charge in [0, 0.05) is 73.3 Å². The Morgan fingerprint density at radius 3 is 1.51 bits per heavy atom. The van der Waals surface area contributed by atoms with Gasteiger partial charge in [0.2, 0.25) is 0 Å². The number of rotatable bonds is 19. The molecule has 3 aliphatic heterocycles. The number of aliphatic hydroxyl groups excluding tert-OH is 2. The number of aliphatic hydroxyl groups is 2. The molecule has 4 aliphatic rings. The van der Waals surface area contributed by atoms with Crippen LogP contribution in [0, 0.1) is 23.3 Å². The van der Waals surface area contributed by atoms with Crippen LogP contribution in [0.1, 0.15) is 90.1 Å². The van der Waals surface area contributed by atoms with Crippen LogP contribution in [0.2, 0.25) is 51.4 Å². The molecule has 7 heterocycles. The van der Waals surface area contributed by atoms with Crippen LogP contribution in [-0.2, 0) is 32.5 Å². The highest BCUT2D eigenvalue weighted by Crippen LogP contribution is 2.40. The molecule has 1 aliphatic carbocycles. The van der Waals surface area contributed by atoms with E-state index in [0.717, 1.165) is 61.3 Å². The smallest absolute Gasteiger partial charge is 0.302 e. The number of halogens is 7. The van der Waals surface area contributed by atoms with Crippen molar-refractivity contribution >= 4 is 80.0 Å². The number of nitrogens with one attached hydrogen (secondary N) is 3. The van der Waals surface area contributed by atoms with E-state index < -0.39 is 87.9 Å². The summed E-state index contributed by atoms with van der Waals surface area (Å²) >= 11 is 0. The maximum Gasteiger partial charge on any atom is 0.302 e. The fraction of sp³-hybridized carbons (Fsp3) is 0.561. The van der Waals surface area contributed by atoms with Crippen LogP contribution >= 0.6 is 12.4 Å². The van der Waals surface area contributed by atoms with Crippen LogP contribution in [0.5, 0.6) is 0 Å². The first-order chi connectivity index (χ1) is 40.8. The van der Waals surface area contributed by atoms with Crippen LogP contribution in [0.15, 0.2) is 49.1 Å². The molecule has 3 saturated heterocycles. The fourth-order valence-electron chi connectivity index (χ4n) is 10.7. The SMILES string of the molecule is CCOC(C)=O.C[Si](C)(C)CCOCn1nc(C(=O)N2C[C@@H](F)C[C@@H]2c2cc(F)ccc2F)c2c(N[C@@H]3CCC[C@H]3O)ncnc21.C[Si](C)(C)CCOCn1nc(C(=O)N2C[C@@H](F)C[C@@H]2c2cc(F)ccc2F)c2c(N[C@@H]3CNC[C@H]3O)ncnc21.Cl. The minimum atomic E-state index is -1.43. The highest BCUT2D eigenvalue weighted by molar-refractivity contribution is 6.76. The van der Waals surface area contributed by atoms with Gasteiger partial charge in [-0.25, -0.2) is 55.6 Å². The Morgan fingerprint density at radius 2 is 1.13 bits per heavy atom. The van der Waals surface area contributed by atoms with Gasteiger partial charge in [-0.15, -0.1) is 12.4 Å². The molecule has 30 heteroatoms. The monoisotopic (exact) mass is 1280 g/mol. The van der Waals surface area contributed by atoms with E-state index in [9.17, 15) is 50.9 Å². The molecule has 0 radical (unpaired) electrons. The Labute approximate surface area is 508 Å². The molecule has 10 rings (SSSR count). The van der Waals surface area contributed by atoms with Crippen molar-refractivity contribution in [3.8, 4) is 0 Å². The van der Waals surface area contributed by atoms with Gasteiger partial charge in [-0.1, -0.05) is 39.3 Å². The standard InChI is InChI=1S/C27H35F3N6O3Si.C26H34F3N7O3Si.C4H8O2.ClH/c1-40(2,3)10-9-39-15-36-26-23(25(31-14-32-26)33-20-5-4-6-22(20)37)24(34-36)27(38)35-13-17(29)12-21(35)18-11-16(28)7-8-19(18)30;1-40(2,3)7-6-39-14-36-25-22(24(31-13-32-25)33-19-10-30-11-21(19)37)23(34-36)26(38)35-12-16(28)9-20(35)17-8-15(27)4-5-18(17)29;1-3-6-4(2)5;/h7-8,11,14,17,20-22,37H,4-6,9-10,12-13,15H2,1-3H3,(H,31,32,33);4-5,8,13,16,19-21,30,37H,6-7,9-12,14H2,1-3H3,(H,31,32,33);3H2,1-2H3;1H/t17-,20+,21+,22+;16-,19+,20+,21+;;/m00../s1. The van der Waals surface area contributed by atoms with Gasteiger partial charge < -0.3 is 50.2 Å². The molecule has 1 saturated carbocycles. The van der Waals surface area contributed by atoms with Gasteiger partial charge in [0.25, 0.3) is 11.8 Å². The summed E-state index contributed by atoms with van der Waals surface area (Å²) in [4.78, 5) is 57.6. The number of carbonyl (C=O) groups excluding carboxylic acids is 3. The summed E-state index contributed by atoms with van der Waals surface area (Å²) < 4.78 is 106. The van der Waals surface area contributed by atoms with Crippen LogP contribution in [-0.4, -0.2) is 176 Å². The molecule has 0 spiro atoms. The highest BCUT2D eigenvalue weighted by atomic mass is 35.5. The van der Waals surface area contributed by atoms with Crippen molar-refractivity contribution in [3.05, 3.63) is 94.8 Å². The Morgan fingerprint density at radius 1 is 0.667 bits per heavy atom. The normalized spacial score (nSPS) is 22.0. The molecule has 2 amide bonds. The number of esters is 1. The molecule has 87 heavy (non-hydrogen) atoms. The van der Waals surface area contributed by atoms with Crippen LogP contribution in [0.4, 0.5) is 38.0 Å².